The van der Waals surface area contributed by atoms with Crippen LogP contribution in [0.15, 0.2) is 72.9 Å². The Balaban J connectivity index is 1.34. The molecular formula is C26H28N6O. The quantitative estimate of drug-likeness (QED) is 0.416. The normalized spacial score (nSPS) is 18.2. The van der Waals surface area contributed by atoms with Gasteiger partial charge in [-0.25, -0.2) is 9.50 Å². The first-order valence-electron chi connectivity index (χ1n) is 11.5. The van der Waals surface area contributed by atoms with E-state index < -0.39 is 0 Å². The molecule has 33 heavy (non-hydrogen) atoms. The molecular weight excluding hydrogens is 412 g/mol. The minimum atomic E-state index is -0.0479. The average molecular weight is 441 g/mol. The lowest BCUT2D eigenvalue weighted by Crippen LogP contribution is -2.33. The number of benzene rings is 2. The van der Waals surface area contributed by atoms with Crippen LogP contribution in [0.2, 0.25) is 0 Å². The largest absolute Gasteiger partial charge is 0.366 e. The molecule has 1 saturated carbocycles. The smallest absolute Gasteiger partial charge is 0.228 e. The molecule has 0 radical (unpaired) electrons. The van der Waals surface area contributed by atoms with E-state index >= 15 is 0 Å². The standard InChI is InChI=1S/C26H28N6O/c27-20-9-11-21(12-10-20)29-24-13-14-25-28-17-23(32(25)31-24)19-7-4-8-22(16-19)30-26(33)15-18-5-2-1-3-6-18/h1-8,13-14,16-17,20-21H,9-12,15,27H2,(H,29,31)(H,30,33)/t20-,21-. The average Bonchev–Trinajstić information content (AvgIpc) is 3.25. The summed E-state index contributed by atoms with van der Waals surface area (Å²) in [6.07, 6.45) is 6.35. The molecule has 0 bridgehead atoms. The van der Waals surface area contributed by atoms with Gasteiger partial charge in [-0.2, -0.15) is 0 Å². The van der Waals surface area contributed by atoms with Gasteiger partial charge in [-0.3, -0.25) is 4.79 Å². The number of nitrogens with one attached hydrogen (secondary N) is 2. The molecule has 1 amide bonds. The Hall–Kier alpha value is -3.71. The van der Waals surface area contributed by atoms with Gasteiger partial charge in [-0.05, 0) is 55.5 Å². The third-order valence-electron chi connectivity index (χ3n) is 6.14. The lowest BCUT2D eigenvalue weighted by Gasteiger charge is -2.27. The lowest BCUT2D eigenvalue weighted by atomic mass is 9.92. The molecule has 0 aliphatic heterocycles. The molecule has 7 heteroatoms. The van der Waals surface area contributed by atoms with Gasteiger partial charge in [0.25, 0.3) is 0 Å². The van der Waals surface area contributed by atoms with Crippen molar-refractivity contribution in [2.75, 3.05) is 10.6 Å². The van der Waals surface area contributed by atoms with Crippen molar-refractivity contribution in [3.8, 4) is 11.3 Å². The molecule has 7 nitrogen and oxygen atoms in total. The number of carbonyl (C=O) groups excluding carboxylic acids is 1. The van der Waals surface area contributed by atoms with Crippen molar-refractivity contribution in [1.82, 2.24) is 14.6 Å². The predicted octanol–water partition coefficient (Wildman–Crippen LogP) is 4.26. The summed E-state index contributed by atoms with van der Waals surface area (Å²) in [5.74, 6) is 0.780. The number of hydrogen-bond donors (Lipinski definition) is 3. The van der Waals surface area contributed by atoms with Crippen LogP contribution in [0, 0.1) is 0 Å². The topological polar surface area (TPSA) is 97.3 Å². The summed E-state index contributed by atoms with van der Waals surface area (Å²) < 4.78 is 1.85. The molecule has 2 aromatic carbocycles. The van der Waals surface area contributed by atoms with E-state index in [4.69, 9.17) is 10.8 Å². The minimum Gasteiger partial charge on any atom is -0.366 e. The fourth-order valence-corrected chi connectivity index (χ4v) is 4.36. The first-order valence-corrected chi connectivity index (χ1v) is 11.5. The van der Waals surface area contributed by atoms with E-state index in [-0.39, 0.29) is 5.91 Å². The summed E-state index contributed by atoms with van der Waals surface area (Å²) in [5.41, 5.74) is 10.4. The number of rotatable bonds is 6. The predicted molar refractivity (Wildman–Crippen MR) is 131 cm³/mol. The van der Waals surface area contributed by atoms with E-state index in [1.807, 2.05) is 77.4 Å². The molecule has 4 N–H and O–H groups in total. The molecule has 168 valence electrons. The van der Waals surface area contributed by atoms with Crippen molar-refractivity contribution in [3.63, 3.8) is 0 Å². The molecule has 0 atom stereocenters. The molecule has 1 aliphatic carbocycles. The van der Waals surface area contributed by atoms with Gasteiger partial charge in [0.1, 0.15) is 5.82 Å². The maximum atomic E-state index is 12.5. The van der Waals surface area contributed by atoms with Gasteiger partial charge in [0, 0.05) is 23.3 Å². The molecule has 0 saturated heterocycles. The van der Waals surface area contributed by atoms with Gasteiger partial charge in [0.15, 0.2) is 5.65 Å². The summed E-state index contributed by atoms with van der Waals surface area (Å²) in [4.78, 5) is 17.0. The second-order valence-electron chi connectivity index (χ2n) is 8.68. The van der Waals surface area contributed by atoms with Gasteiger partial charge in [0.2, 0.25) is 5.91 Å². The van der Waals surface area contributed by atoms with Crippen LogP contribution in [0.4, 0.5) is 11.5 Å². The Bertz CT molecular complexity index is 1240. The molecule has 4 aromatic rings. The zero-order valence-corrected chi connectivity index (χ0v) is 18.4. The van der Waals surface area contributed by atoms with Crippen molar-refractivity contribution in [1.29, 1.82) is 0 Å². The Morgan fingerprint density at radius 3 is 2.64 bits per heavy atom. The first kappa shape index (κ1) is 21.2. The van der Waals surface area contributed by atoms with Crippen molar-refractivity contribution in [2.45, 2.75) is 44.2 Å². The van der Waals surface area contributed by atoms with Gasteiger partial charge in [-0.15, -0.1) is 5.10 Å². The van der Waals surface area contributed by atoms with Crippen LogP contribution in [-0.2, 0) is 11.2 Å². The third-order valence-corrected chi connectivity index (χ3v) is 6.14. The number of aromatic nitrogens is 3. The highest BCUT2D eigenvalue weighted by atomic mass is 16.1. The van der Waals surface area contributed by atoms with E-state index in [1.54, 1.807) is 0 Å². The molecule has 5 rings (SSSR count). The highest BCUT2D eigenvalue weighted by Crippen LogP contribution is 2.25. The Morgan fingerprint density at radius 1 is 1.00 bits per heavy atom. The first-order chi connectivity index (χ1) is 16.1. The second-order valence-corrected chi connectivity index (χ2v) is 8.68. The highest BCUT2D eigenvalue weighted by molar-refractivity contribution is 5.92. The summed E-state index contributed by atoms with van der Waals surface area (Å²) in [5, 5.41) is 11.3. The van der Waals surface area contributed by atoms with Crippen LogP contribution in [0.3, 0.4) is 0 Å². The van der Waals surface area contributed by atoms with Gasteiger partial charge < -0.3 is 16.4 Å². The summed E-state index contributed by atoms with van der Waals surface area (Å²) in [6.45, 7) is 0. The van der Waals surface area contributed by atoms with E-state index in [9.17, 15) is 4.79 Å². The Kier molecular flexibility index (Phi) is 6.04. The van der Waals surface area contributed by atoms with Crippen LogP contribution < -0.4 is 16.4 Å². The number of amides is 1. The van der Waals surface area contributed by atoms with Crippen LogP contribution in [0.1, 0.15) is 31.2 Å². The SMILES string of the molecule is N[C@H]1CC[C@H](Nc2ccc3ncc(-c4cccc(NC(=O)Cc5ccccc5)c4)n3n2)CC1. The lowest BCUT2D eigenvalue weighted by molar-refractivity contribution is -0.115. The summed E-state index contributed by atoms with van der Waals surface area (Å²) >= 11 is 0. The zero-order chi connectivity index (χ0) is 22.6. The van der Waals surface area contributed by atoms with Gasteiger partial charge in [-0.1, -0.05) is 42.5 Å². The third kappa shape index (κ3) is 5.04. The molecule has 1 aliphatic rings. The minimum absolute atomic E-state index is 0.0479. The number of carbonyl (C=O) groups is 1. The fourth-order valence-electron chi connectivity index (χ4n) is 4.36. The number of nitrogens with zero attached hydrogens (tertiary/aromatic N) is 3. The summed E-state index contributed by atoms with van der Waals surface area (Å²) in [7, 11) is 0. The highest BCUT2D eigenvalue weighted by Gasteiger charge is 2.19. The number of nitrogens with two attached hydrogens (primary N) is 1. The van der Waals surface area contributed by atoms with Gasteiger partial charge in [0.05, 0.1) is 18.3 Å². The van der Waals surface area contributed by atoms with Crippen LogP contribution >= 0.6 is 0 Å². The van der Waals surface area contributed by atoms with E-state index in [0.717, 1.165) is 59.7 Å². The number of fused-ring (bicyclic) bond motifs is 1. The number of imidazole rings is 1. The zero-order valence-electron chi connectivity index (χ0n) is 18.4. The molecule has 0 spiro atoms. The molecule has 0 unspecified atom stereocenters. The molecule has 1 fully saturated rings. The number of hydrogen-bond acceptors (Lipinski definition) is 5. The fraction of sp³-hybridized carbons (Fsp3) is 0.269. The van der Waals surface area contributed by atoms with Gasteiger partial charge >= 0.3 is 0 Å². The van der Waals surface area contributed by atoms with Crippen LogP contribution in [0.25, 0.3) is 16.9 Å². The van der Waals surface area contributed by atoms with Crippen LogP contribution in [0.5, 0.6) is 0 Å². The Morgan fingerprint density at radius 2 is 1.82 bits per heavy atom. The molecule has 2 heterocycles. The van der Waals surface area contributed by atoms with E-state index in [2.05, 4.69) is 15.6 Å². The maximum absolute atomic E-state index is 12.5. The monoisotopic (exact) mass is 440 g/mol. The van der Waals surface area contributed by atoms with Crippen molar-refractivity contribution in [2.24, 2.45) is 5.73 Å². The number of anilines is 2. The second kappa shape index (κ2) is 9.42. The van der Waals surface area contributed by atoms with Crippen molar-refractivity contribution < 1.29 is 4.79 Å². The van der Waals surface area contributed by atoms with E-state index in [0.29, 0.717) is 18.5 Å². The Labute approximate surface area is 193 Å². The van der Waals surface area contributed by atoms with Crippen molar-refractivity contribution >= 4 is 23.1 Å². The van der Waals surface area contributed by atoms with Crippen LogP contribution in [-0.4, -0.2) is 32.6 Å². The molecule has 2 aromatic heterocycles. The van der Waals surface area contributed by atoms with Crippen molar-refractivity contribution in [3.05, 3.63) is 78.5 Å². The maximum Gasteiger partial charge on any atom is 0.228 e. The summed E-state index contributed by atoms with van der Waals surface area (Å²) in [6, 6.07) is 22.2. The van der Waals surface area contributed by atoms with E-state index in [1.165, 1.54) is 0 Å².